The second kappa shape index (κ2) is 8.84. The molecule has 0 fully saturated rings. The number of rotatable bonds is 1. The standard InChI is InChI=1S/C4H10.H2Te/c1-3-4-2;/h3-4H2,1-2H3;1H2. The first kappa shape index (κ1) is 9.25. The SMILES string of the molecule is CCCC.[TeH2]. The van der Waals surface area contributed by atoms with E-state index in [1.807, 2.05) is 0 Å². The van der Waals surface area contributed by atoms with E-state index in [0.29, 0.717) is 0 Å². The minimum atomic E-state index is 0. The number of unbranched alkanes of at least 4 members (excludes halogenated alkanes) is 1. The van der Waals surface area contributed by atoms with E-state index in [-0.39, 0.29) is 23.7 Å². The Morgan fingerprint density at radius 2 is 1.20 bits per heavy atom. The molecule has 0 rings (SSSR count). The Balaban J connectivity index is 0. The maximum absolute atomic E-state index is 2.18. The molecule has 34 valence electrons. The molecule has 0 unspecified atom stereocenters. The van der Waals surface area contributed by atoms with Gasteiger partial charge in [0.15, 0.2) is 0 Å². The van der Waals surface area contributed by atoms with Crippen molar-refractivity contribution < 1.29 is 0 Å². The van der Waals surface area contributed by atoms with Crippen molar-refractivity contribution in [1.82, 2.24) is 0 Å². The zero-order valence-electron chi connectivity index (χ0n) is 3.91. The monoisotopic (exact) mass is 190 g/mol. The molecule has 0 saturated heterocycles. The van der Waals surface area contributed by atoms with Gasteiger partial charge in [0.2, 0.25) is 0 Å². The molecule has 0 amide bonds. The van der Waals surface area contributed by atoms with Gasteiger partial charge in [-0.2, -0.15) is 0 Å². The molecule has 0 aromatic carbocycles. The quantitative estimate of drug-likeness (QED) is 0.535. The Morgan fingerprint density at radius 1 is 1.00 bits per heavy atom. The maximum atomic E-state index is 2.18. The van der Waals surface area contributed by atoms with Crippen LogP contribution in [0.1, 0.15) is 26.7 Å². The normalized spacial score (nSPS) is 6.00. The third-order valence-electron chi connectivity index (χ3n) is 0.500. The molecule has 0 aliphatic heterocycles. The van der Waals surface area contributed by atoms with Gasteiger partial charge in [0.05, 0.1) is 0 Å². The summed E-state index contributed by atoms with van der Waals surface area (Å²) in [5.41, 5.74) is 0. The summed E-state index contributed by atoms with van der Waals surface area (Å²) < 4.78 is 0. The summed E-state index contributed by atoms with van der Waals surface area (Å²) in [6, 6.07) is 0. The Hall–Kier alpha value is 0.790. The van der Waals surface area contributed by atoms with Crippen LogP contribution in [0, 0.1) is 0 Å². The van der Waals surface area contributed by atoms with E-state index >= 15 is 0 Å². The van der Waals surface area contributed by atoms with Crippen LogP contribution < -0.4 is 0 Å². The fraction of sp³-hybridized carbons (Fsp3) is 1.00. The van der Waals surface area contributed by atoms with E-state index in [1.165, 1.54) is 12.8 Å². The molecular weight excluding hydrogens is 176 g/mol. The fourth-order valence-electron chi connectivity index (χ4n) is 0. The Bertz CT molecular complexity index is 5.61. The van der Waals surface area contributed by atoms with E-state index in [0.717, 1.165) is 0 Å². The number of hydrogen-bond acceptors (Lipinski definition) is 0. The summed E-state index contributed by atoms with van der Waals surface area (Å²) >= 11 is 0. The summed E-state index contributed by atoms with van der Waals surface area (Å²) in [5.74, 6) is 0. The van der Waals surface area contributed by atoms with Crippen LogP contribution in [0.25, 0.3) is 0 Å². The molecule has 0 N–H and O–H groups in total. The van der Waals surface area contributed by atoms with Gasteiger partial charge in [0, 0.05) is 0 Å². The molecular formula is C4H12Te. The van der Waals surface area contributed by atoms with Gasteiger partial charge in [0.25, 0.3) is 0 Å². The average Bonchev–Trinajstić information content (AvgIpc) is 1.37. The van der Waals surface area contributed by atoms with Crippen molar-refractivity contribution in [3.63, 3.8) is 0 Å². The molecule has 0 saturated carbocycles. The van der Waals surface area contributed by atoms with Crippen LogP contribution in [-0.4, -0.2) is 23.7 Å². The first-order chi connectivity index (χ1) is 1.91. The van der Waals surface area contributed by atoms with Gasteiger partial charge >= 0.3 is 23.7 Å². The minimum absolute atomic E-state index is 0. The zero-order chi connectivity index (χ0) is 3.41. The van der Waals surface area contributed by atoms with Gasteiger partial charge in [-0.25, -0.2) is 0 Å². The van der Waals surface area contributed by atoms with Crippen LogP contribution in [0.15, 0.2) is 0 Å². The van der Waals surface area contributed by atoms with Gasteiger partial charge in [0.1, 0.15) is 0 Å². The van der Waals surface area contributed by atoms with Gasteiger partial charge < -0.3 is 0 Å². The summed E-state index contributed by atoms with van der Waals surface area (Å²) in [7, 11) is 0. The van der Waals surface area contributed by atoms with Crippen LogP contribution in [0.2, 0.25) is 0 Å². The molecule has 0 aliphatic rings. The third-order valence-corrected chi connectivity index (χ3v) is 0.500. The van der Waals surface area contributed by atoms with Gasteiger partial charge in [-0.15, -0.1) is 0 Å². The van der Waals surface area contributed by atoms with Gasteiger partial charge in [-0.05, 0) is 0 Å². The van der Waals surface area contributed by atoms with E-state index < -0.39 is 0 Å². The van der Waals surface area contributed by atoms with Crippen LogP contribution in [0.3, 0.4) is 0 Å². The molecule has 0 heterocycles. The van der Waals surface area contributed by atoms with Gasteiger partial charge in [-0.1, -0.05) is 26.7 Å². The molecule has 1 heteroatoms. The van der Waals surface area contributed by atoms with Crippen molar-refractivity contribution in [3.05, 3.63) is 0 Å². The van der Waals surface area contributed by atoms with E-state index in [9.17, 15) is 0 Å². The molecule has 0 bridgehead atoms. The second-order valence-corrected chi connectivity index (χ2v) is 1.000. The predicted molar refractivity (Wildman–Crippen MR) is 29.1 cm³/mol. The fourth-order valence-corrected chi connectivity index (χ4v) is 0. The van der Waals surface area contributed by atoms with Crippen molar-refractivity contribution in [3.8, 4) is 0 Å². The second-order valence-electron chi connectivity index (χ2n) is 1.000. The molecule has 0 atom stereocenters. The van der Waals surface area contributed by atoms with Crippen LogP contribution >= 0.6 is 0 Å². The Labute approximate surface area is 50.7 Å². The van der Waals surface area contributed by atoms with Crippen molar-refractivity contribution >= 4 is 23.7 Å². The predicted octanol–water partition coefficient (Wildman–Crippen LogP) is 0.890. The molecule has 0 radical (unpaired) electrons. The number of hydrogen-bond donors (Lipinski definition) is 0. The third kappa shape index (κ3) is 11.6. The van der Waals surface area contributed by atoms with E-state index in [2.05, 4.69) is 13.8 Å². The first-order valence-electron chi connectivity index (χ1n) is 1.91. The van der Waals surface area contributed by atoms with Crippen molar-refractivity contribution in [2.45, 2.75) is 26.7 Å². The average molecular weight is 188 g/mol. The molecule has 5 heavy (non-hydrogen) atoms. The summed E-state index contributed by atoms with van der Waals surface area (Å²) in [4.78, 5) is 0. The topological polar surface area (TPSA) is 0 Å². The van der Waals surface area contributed by atoms with Crippen LogP contribution in [-0.2, 0) is 0 Å². The Kier molecular flexibility index (Phi) is 16.3. The summed E-state index contributed by atoms with van der Waals surface area (Å²) in [6.07, 6.45) is 2.64. The summed E-state index contributed by atoms with van der Waals surface area (Å²) in [6.45, 7) is 4.36. The van der Waals surface area contributed by atoms with Crippen molar-refractivity contribution in [1.29, 1.82) is 0 Å². The van der Waals surface area contributed by atoms with Crippen LogP contribution in [0.5, 0.6) is 0 Å². The molecule has 0 nitrogen and oxygen atoms in total. The first-order valence-corrected chi connectivity index (χ1v) is 1.91. The molecule has 0 aromatic rings. The van der Waals surface area contributed by atoms with Crippen molar-refractivity contribution in [2.24, 2.45) is 0 Å². The zero-order valence-corrected chi connectivity index (χ0v) is 6.77. The summed E-state index contributed by atoms with van der Waals surface area (Å²) in [5, 5.41) is 0. The molecule has 0 aromatic heterocycles. The van der Waals surface area contributed by atoms with E-state index in [4.69, 9.17) is 0 Å². The molecule has 0 aliphatic carbocycles. The Morgan fingerprint density at radius 3 is 1.20 bits per heavy atom. The van der Waals surface area contributed by atoms with E-state index in [1.54, 1.807) is 0 Å². The molecule has 0 spiro atoms. The van der Waals surface area contributed by atoms with Crippen molar-refractivity contribution in [2.75, 3.05) is 0 Å². The van der Waals surface area contributed by atoms with Crippen LogP contribution in [0.4, 0.5) is 0 Å². The van der Waals surface area contributed by atoms with Gasteiger partial charge in [-0.3, -0.25) is 0 Å².